The molecule has 0 spiro atoms. The van der Waals surface area contributed by atoms with E-state index in [-0.39, 0.29) is 12.0 Å². The quantitative estimate of drug-likeness (QED) is 0.697. The van der Waals surface area contributed by atoms with Crippen molar-refractivity contribution in [2.45, 2.75) is 32.9 Å². The summed E-state index contributed by atoms with van der Waals surface area (Å²) < 4.78 is 7.35. The van der Waals surface area contributed by atoms with E-state index in [1.807, 2.05) is 61.9 Å². The average Bonchev–Trinajstić information content (AvgIpc) is 3.02. The number of aromatic hydroxyl groups is 1. The highest BCUT2D eigenvalue weighted by atomic mass is 16.6. The Bertz CT molecular complexity index is 1030. The lowest BCUT2D eigenvalue weighted by Crippen LogP contribution is -2.50. The topological polar surface area (TPSA) is 57.9 Å². The molecule has 0 aliphatic carbocycles. The van der Waals surface area contributed by atoms with Crippen molar-refractivity contribution < 1.29 is 14.6 Å². The number of fused-ring (bicyclic) bond motifs is 1. The molecule has 6 nitrogen and oxygen atoms in total. The van der Waals surface area contributed by atoms with Crippen molar-refractivity contribution in [2.75, 3.05) is 31.1 Å². The number of anilines is 1. The smallest absolute Gasteiger partial charge is 0.410 e. The van der Waals surface area contributed by atoms with Crippen molar-refractivity contribution in [3.63, 3.8) is 0 Å². The molecule has 158 valence electrons. The molecule has 0 atom stereocenters. The molecule has 3 aromatic rings. The van der Waals surface area contributed by atoms with Gasteiger partial charge in [0.1, 0.15) is 5.60 Å². The van der Waals surface area contributed by atoms with E-state index in [0.29, 0.717) is 19.6 Å². The second-order valence-corrected chi connectivity index (χ2v) is 8.79. The molecule has 4 rings (SSSR count). The molecule has 1 aliphatic heterocycles. The Morgan fingerprint density at radius 3 is 2.40 bits per heavy atom. The predicted octanol–water partition coefficient (Wildman–Crippen LogP) is 4.45. The van der Waals surface area contributed by atoms with Crippen molar-refractivity contribution in [3.8, 4) is 5.88 Å². The van der Waals surface area contributed by atoms with E-state index >= 15 is 0 Å². The van der Waals surface area contributed by atoms with Crippen LogP contribution in [0.5, 0.6) is 5.88 Å². The lowest BCUT2D eigenvalue weighted by molar-refractivity contribution is 0.0240. The number of hydrogen-bond acceptors (Lipinski definition) is 4. The molecule has 0 radical (unpaired) electrons. The number of carbonyl (C=O) groups is 1. The third-order valence-corrected chi connectivity index (χ3v) is 5.34. The number of amides is 1. The van der Waals surface area contributed by atoms with Crippen LogP contribution in [0.15, 0.2) is 54.7 Å². The standard InChI is InChI=1S/C24H29N3O3/c1-24(2,3)30-23(29)26-13-11-25(12-14-26)20-10-9-19-17-27(22(28)21(19)15-20)16-18-7-5-4-6-8-18/h4-10,15,17,28H,11-14,16H2,1-3H3. The lowest BCUT2D eigenvalue weighted by atomic mass is 10.1. The highest BCUT2D eigenvalue weighted by Crippen LogP contribution is 2.32. The molecular weight excluding hydrogens is 378 g/mol. The number of benzene rings is 2. The van der Waals surface area contributed by atoms with E-state index in [2.05, 4.69) is 23.1 Å². The van der Waals surface area contributed by atoms with Gasteiger partial charge in [-0.25, -0.2) is 4.79 Å². The maximum absolute atomic E-state index is 12.3. The molecule has 0 saturated carbocycles. The summed E-state index contributed by atoms with van der Waals surface area (Å²) in [6.07, 6.45) is 1.73. The zero-order valence-corrected chi connectivity index (χ0v) is 17.8. The minimum Gasteiger partial charge on any atom is -0.494 e. The van der Waals surface area contributed by atoms with E-state index in [9.17, 15) is 9.90 Å². The first-order valence-electron chi connectivity index (χ1n) is 10.4. The zero-order chi connectivity index (χ0) is 21.3. The fourth-order valence-corrected chi connectivity index (χ4v) is 3.81. The highest BCUT2D eigenvalue weighted by Gasteiger charge is 2.26. The molecule has 1 aromatic heterocycles. The monoisotopic (exact) mass is 407 g/mol. The Labute approximate surface area is 177 Å². The van der Waals surface area contributed by atoms with Gasteiger partial charge in [0.2, 0.25) is 0 Å². The maximum atomic E-state index is 12.3. The molecule has 1 N–H and O–H groups in total. The first-order valence-corrected chi connectivity index (χ1v) is 10.4. The summed E-state index contributed by atoms with van der Waals surface area (Å²) in [6, 6.07) is 16.3. The van der Waals surface area contributed by atoms with Gasteiger partial charge in [0.25, 0.3) is 0 Å². The Hall–Kier alpha value is -3.15. The third kappa shape index (κ3) is 4.37. The van der Waals surface area contributed by atoms with Crippen molar-refractivity contribution in [1.82, 2.24) is 9.47 Å². The normalized spacial score (nSPS) is 14.9. The highest BCUT2D eigenvalue weighted by molar-refractivity contribution is 5.91. The van der Waals surface area contributed by atoms with Gasteiger partial charge in [0.15, 0.2) is 5.88 Å². The van der Waals surface area contributed by atoms with E-state index in [4.69, 9.17) is 4.74 Å². The SMILES string of the molecule is CC(C)(C)OC(=O)N1CCN(c2ccc3cn(Cc4ccccc4)c(O)c3c2)CC1. The summed E-state index contributed by atoms with van der Waals surface area (Å²) in [7, 11) is 0. The number of aromatic nitrogens is 1. The first kappa shape index (κ1) is 20.1. The van der Waals surface area contributed by atoms with Crippen LogP contribution >= 0.6 is 0 Å². The van der Waals surface area contributed by atoms with E-state index in [1.165, 1.54) is 0 Å². The number of carbonyl (C=O) groups excluding carboxylic acids is 1. The molecule has 1 amide bonds. The van der Waals surface area contributed by atoms with Crippen molar-refractivity contribution in [1.29, 1.82) is 0 Å². The molecule has 1 fully saturated rings. The minimum atomic E-state index is -0.482. The largest absolute Gasteiger partial charge is 0.494 e. The summed E-state index contributed by atoms with van der Waals surface area (Å²) in [5, 5.41) is 12.6. The van der Waals surface area contributed by atoms with Crippen LogP contribution in [0.2, 0.25) is 0 Å². The van der Waals surface area contributed by atoms with Gasteiger partial charge in [-0.2, -0.15) is 0 Å². The summed E-state index contributed by atoms with van der Waals surface area (Å²) in [5.74, 6) is 0.281. The van der Waals surface area contributed by atoms with Crippen LogP contribution < -0.4 is 4.90 Å². The van der Waals surface area contributed by atoms with E-state index in [0.717, 1.165) is 35.1 Å². The Balaban J connectivity index is 1.47. The second kappa shape index (κ2) is 7.94. The van der Waals surface area contributed by atoms with E-state index < -0.39 is 5.60 Å². The molecule has 0 bridgehead atoms. The summed E-state index contributed by atoms with van der Waals surface area (Å²) in [5.41, 5.74) is 1.72. The maximum Gasteiger partial charge on any atom is 0.410 e. The molecule has 1 aliphatic rings. The van der Waals surface area contributed by atoms with Gasteiger partial charge in [0.05, 0.1) is 6.54 Å². The van der Waals surface area contributed by atoms with Gasteiger partial charge in [-0.15, -0.1) is 0 Å². The molecule has 2 aromatic carbocycles. The Morgan fingerprint density at radius 2 is 1.73 bits per heavy atom. The molecular formula is C24H29N3O3. The van der Waals surface area contributed by atoms with Crippen LogP contribution in [0.3, 0.4) is 0 Å². The van der Waals surface area contributed by atoms with Gasteiger partial charge in [-0.1, -0.05) is 36.4 Å². The van der Waals surface area contributed by atoms with Crippen molar-refractivity contribution >= 4 is 22.6 Å². The number of hydrogen-bond donors (Lipinski definition) is 1. The summed E-state index contributed by atoms with van der Waals surface area (Å²) in [6.45, 7) is 8.98. The average molecular weight is 408 g/mol. The predicted molar refractivity (Wildman–Crippen MR) is 119 cm³/mol. The number of nitrogens with zero attached hydrogens (tertiary/aromatic N) is 3. The van der Waals surface area contributed by atoms with Crippen LogP contribution in [0.25, 0.3) is 10.8 Å². The minimum absolute atomic E-state index is 0.256. The van der Waals surface area contributed by atoms with Crippen molar-refractivity contribution in [2.24, 2.45) is 0 Å². The molecule has 2 heterocycles. The number of ether oxygens (including phenoxy) is 1. The number of piperazine rings is 1. The van der Waals surface area contributed by atoms with Gasteiger partial charge < -0.3 is 24.2 Å². The fourth-order valence-electron chi connectivity index (χ4n) is 3.81. The molecule has 6 heteroatoms. The first-order chi connectivity index (χ1) is 14.3. The van der Waals surface area contributed by atoms with Crippen LogP contribution in [-0.2, 0) is 11.3 Å². The fraction of sp³-hybridized carbons (Fsp3) is 0.375. The number of rotatable bonds is 3. The Morgan fingerprint density at radius 1 is 1.03 bits per heavy atom. The van der Waals surface area contributed by atoms with Crippen LogP contribution in [0.1, 0.15) is 26.3 Å². The molecule has 0 unspecified atom stereocenters. The van der Waals surface area contributed by atoms with Gasteiger partial charge in [0, 0.05) is 48.8 Å². The van der Waals surface area contributed by atoms with Gasteiger partial charge in [-0.3, -0.25) is 0 Å². The summed E-state index contributed by atoms with van der Waals surface area (Å²) >= 11 is 0. The lowest BCUT2D eigenvalue weighted by Gasteiger charge is -2.36. The van der Waals surface area contributed by atoms with Gasteiger partial charge >= 0.3 is 6.09 Å². The third-order valence-electron chi connectivity index (χ3n) is 5.34. The second-order valence-electron chi connectivity index (χ2n) is 8.79. The Kier molecular flexibility index (Phi) is 5.33. The zero-order valence-electron chi connectivity index (χ0n) is 17.8. The van der Waals surface area contributed by atoms with Gasteiger partial charge in [-0.05, 0) is 38.5 Å². The van der Waals surface area contributed by atoms with Crippen LogP contribution in [0, 0.1) is 0 Å². The molecule has 30 heavy (non-hydrogen) atoms. The van der Waals surface area contributed by atoms with Crippen LogP contribution in [0.4, 0.5) is 10.5 Å². The van der Waals surface area contributed by atoms with Crippen molar-refractivity contribution in [3.05, 3.63) is 60.3 Å². The molecule has 1 saturated heterocycles. The van der Waals surface area contributed by atoms with Crippen LogP contribution in [-0.4, -0.2) is 52.4 Å². The summed E-state index contributed by atoms with van der Waals surface area (Å²) in [4.78, 5) is 16.3. The van der Waals surface area contributed by atoms with E-state index in [1.54, 1.807) is 4.90 Å².